The van der Waals surface area contributed by atoms with Crippen molar-refractivity contribution in [1.29, 1.82) is 0 Å². The molecule has 0 saturated heterocycles. The predicted molar refractivity (Wildman–Crippen MR) is 73.6 cm³/mol. The second-order valence-electron chi connectivity index (χ2n) is 6.24. The summed E-state index contributed by atoms with van der Waals surface area (Å²) >= 11 is 0. The summed E-state index contributed by atoms with van der Waals surface area (Å²) in [6, 6.07) is 2.98. The molecule has 2 bridgehead atoms. The maximum absolute atomic E-state index is 4.51. The average Bonchev–Trinajstić information content (AvgIpc) is 3.01. The summed E-state index contributed by atoms with van der Waals surface area (Å²) in [5.41, 5.74) is 2.42. The largest absolute Gasteiger partial charge is 0.314 e. The van der Waals surface area contributed by atoms with E-state index in [1.165, 1.54) is 37.8 Å². The molecule has 2 aliphatic rings. The number of nitrogens with one attached hydrogen (secondary N) is 1. The number of aromatic nitrogens is 2. The summed E-state index contributed by atoms with van der Waals surface area (Å²) in [7, 11) is 0. The molecule has 3 unspecified atom stereocenters. The monoisotopic (exact) mass is 247 g/mol. The first kappa shape index (κ1) is 12.2. The minimum absolute atomic E-state index is 0.823. The lowest BCUT2D eigenvalue weighted by atomic mass is 9.95. The fourth-order valence-corrected chi connectivity index (χ4v) is 3.91. The maximum Gasteiger partial charge on any atom is 0.0596 e. The van der Waals surface area contributed by atoms with Crippen LogP contribution in [0.3, 0.4) is 0 Å². The van der Waals surface area contributed by atoms with E-state index >= 15 is 0 Å². The van der Waals surface area contributed by atoms with Gasteiger partial charge in [0.05, 0.1) is 5.69 Å². The number of hydrogen-bond donors (Lipinski definition) is 1. The standard InChI is InChI=1S/C15H25N3/c1-11-8-12(2)18(17-11)7-3-6-16-15-10-13-4-5-14(15)9-13/h8,13-16H,3-7,9-10H2,1-2H3. The van der Waals surface area contributed by atoms with Crippen molar-refractivity contribution in [2.24, 2.45) is 11.8 Å². The lowest BCUT2D eigenvalue weighted by Crippen LogP contribution is -2.34. The van der Waals surface area contributed by atoms with Gasteiger partial charge in [-0.15, -0.1) is 0 Å². The van der Waals surface area contributed by atoms with Crippen LogP contribution in [0.1, 0.15) is 43.5 Å². The predicted octanol–water partition coefficient (Wildman–Crippen LogP) is 2.67. The number of aryl methyl sites for hydroxylation is 3. The highest BCUT2D eigenvalue weighted by molar-refractivity contribution is 5.06. The third-order valence-electron chi connectivity index (χ3n) is 4.79. The zero-order valence-corrected chi connectivity index (χ0v) is 11.7. The molecule has 2 aliphatic carbocycles. The Morgan fingerprint density at radius 2 is 2.22 bits per heavy atom. The Morgan fingerprint density at radius 1 is 1.33 bits per heavy atom. The van der Waals surface area contributed by atoms with Gasteiger partial charge in [-0.2, -0.15) is 5.10 Å². The van der Waals surface area contributed by atoms with Crippen LogP contribution in [0.5, 0.6) is 0 Å². The molecule has 100 valence electrons. The van der Waals surface area contributed by atoms with E-state index in [0.717, 1.165) is 36.7 Å². The van der Waals surface area contributed by atoms with E-state index in [1.54, 1.807) is 0 Å². The SMILES string of the molecule is Cc1cc(C)n(CCCNC2CC3CCC2C3)n1. The van der Waals surface area contributed by atoms with E-state index < -0.39 is 0 Å². The first-order valence-corrected chi connectivity index (χ1v) is 7.47. The molecule has 2 fully saturated rings. The molecule has 1 aromatic heterocycles. The van der Waals surface area contributed by atoms with Gasteiger partial charge in [0, 0.05) is 18.3 Å². The summed E-state index contributed by atoms with van der Waals surface area (Å²) in [6.07, 6.45) is 7.09. The number of fused-ring (bicyclic) bond motifs is 2. The Morgan fingerprint density at radius 3 is 2.83 bits per heavy atom. The van der Waals surface area contributed by atoms with Gasteiger partial charge in [-0.25, -0.2) is 0 Å². The third kappa shape index (κ3) is 2.46. The van der Waals surface area contributed by atoms with Crippen LogP contribution in [0.4, 0.5) is 0 Å². The van der Waals surface area contributed by atoms with Gasteiger partial charge in [0.15, 0.2) is 0 Å². The van der Waals surface area contributed by atoms with Crippen LogP contribution in [-0.2, 0) is 6.54 Å². The van der Waals surface area contributed by atoms with Crippen molar-refractivity contribution >= 4 is 0 Å². The van der Waals surface area contributed by atoms with E-state index in [-0.39, 0.29) is 0 Å². The summed E-state index contributed by atoms with van der Waals surface area (Å²) in [5, 5.41) is 8.28. The van der Waals surface area contributed by atoms with Crippen molar-refractivity contribution in [3.05, 3.63) is 17.5 Å². The Bertz CT molecular complexity index is 410. The van der Waals surface area contributed by atoms with E-state index in [9.17, 15) is 0 Å². The van der Waals surface area contributed by atoms with Crippen molar-refractivity contribution in [2.45, 2.75) is 58.5 Å². The second-order valence-corrected chi connectivity index (χ2v) is 6.24. The first-order chi connectivity index (χ1) is 8.72. The molecular formula is C15H25N3. The summed E-state index contributed by atoms with van der Waals surface area (Å²) in [6.45, 7) is 6.40. The fraction of sp³-hybridized carbons (Fsp3) is 0.800. The second kappa shape index (κ2) is 5.04. The van der Waals surface area contributed by atoms with Crippen molar-refractivity contribution < 1.29 is 0 Å². The van der Waals surface area contributed by atoms with Gasteiger partial charge >= 0.3 is 0 Å². The summed E-state index contributed by atoms with van der Waals surface area (Å²) in [5.74, 6) is 2.03. The normalized spacial score (nSPS) is 30.2. The van der Waals surface area contributed by atoms with E-state index in [1.807, 2.05) is 0 Å². The lowest BCUT2D eigenvalue weighted by Gasteiger charge is -2.22. The van der Waals surface area contributed by atoms with Gasteiger partial charge in [-0.05, 0) is 64.0 Å². The molecule has 0 aliphatic heterocycles. The van der Waals surface area contributed by atoms with Crippen LogP contribution in [-0.4, -0.2) is 22.4 Å². The van der Waals surface area contributed by atoms with E-state index in [4.69, 9.17) is 0 Å². The summed E-state index contributed by atoms with van der Waals surface area (Å²) in [4.78, 5) is 0. The molecule has 0 amide bonds. The molecule has 18 heavy (non-hydrogen) atoms. The van der Waals surface area contributed by atoms with Crippen LogP contribution >= 0.6 is 0 Å². The van der Waals surface area contributed by atoms with Gasteiger partial charge < -0.3 is 5.32 Å². The van der Waals surface area contributed by atoms with Crippen LogP contribution in [0.2, 0.25) is 0 Å². The topological polar surface area (TPSA) is 29.9 Å². The Labute approximate surface area is 110 Å². The molecule has 3 heteroatoms. The highest BCUT2D eigenvalue weighted by Crippen LogP contribution is 2.44. The molecule has 0 radical (unpaired) electrons. The number of rotatable bonds is 5. The highest BCUT2D eigenvalue weighted by atomic mass is 15.3. The van der Waals surface area contributed by atoms with Crippen molar-refractivity contribution in [1.82, 2.24) is 15.1 Å². The Hall–Kier alpha value is -0.830. The molecular weight excluding hydrogens is 222 g/mol. The van der Waals surface area contributed by atoms with E-state index in [2.05, 4.69) is 35.0 Å². The van der Waals surface area contributed by atoms with Crippen LogP contribution < -0.4 is 5.32 Å². The molecule has 0 spiro atoms. The van der Waals surface area contributed by atoms with Crippen molar-refractivity contribution in [3.8, 4) is 0 Å². The van der Waals surface area contributed by atoms with Crippen molar-refractivity contribution in [3.63, 3.8) is 0 Å². The van der Waals surface area contributed by atoms with Crippen LogP contribution in [0, 0.1) is 25.7 Å². The van der Waals surface area contributed by atoms with Gasteiger partial charge in [0.1, 0.15) is 0 Å². The first-order valence-electron chi connectivity index (χ1n) is 7.47. The lowest BCUT2D eigenvalue weighted by molar-refractivity contribution is 0.346. The highest BCUT2D eigenvalue weighted by Gasteiger charge is 2.38. The van der Waals surface area contributed by atoms with Gasteiger partial charge in [-0.3, -0.25) is 4.68 Å². The number of nitrogens with zero attached hydrogens (tertiary/aromatic N) is 2. The van der Waals surface area contributed by atoms with Crippen LogP contribution in [0.15, 0.2) is 6.07 Å². The molecule has 3 atom stereocenters. The Balaban J connectivity index is 1.39. The fourth-order valence-electron chi connectivity index (χ4n) is 3.91. The summed E-state index contributed by atoms with van der Waals surface area (Å²) < 4.78 is 2.14. The van der Waals surface area contributed by atoms with Crippen molar-refractivity contribution in [2.75, 3.05) is 6.54 Å². The molecule has 1 N–H and O–H groups in total. The average molecular weight is 247 g/mol. The van der Waals surface area contributed by atoms with Gasteiger partial charge in [0.25, 0.3) is 0 Å². The minimum atomic E-state index is 0.823. The minimum Gasteiger partial charge on any atom is -0.314 e. The zero-order chi connectivity index (χ0) is 12.5. The van der Waals surface area contributed by atoms with Gasteiger partial charge in [0.2, 0.25) is 0 Å². The quantitative estimate of drug-likeness (QED) is 0.811. The molecule has 0 aromatic carbocycles. The Kier molecular flexibility index (Phi) is 3.42. The van der Waals surface area contributed by atoms with Crippen LogP contribution in [0.25, 0.3) is 0 Å². The zero-order valence-electron chi connectivity index (χ0n) is 11.7. The van der Waals surface area contributed by atoms with Gasteiger partial charge in [-0.1, -0.05) is 6.42 Å². The molecule has 3 nitrogen and oxygen atoms in total. The third-order valence-corrected chi connectivity index (χ3v) is 4.79. The molecule has 1 heterocycles. The maximum atomic E-state index is 4.51. The molecule has 1 aromatic rings. The molecule has 2 saturated carbocycles. The smallest absolute Gasteiger partial charge is 0.0596 e. The van der Waals surface area contributed by atoms with E-state index in [0.29, 0.717) is 0 Å². The molecule has 3 rings (SSSR count). The number of hydrogen-bond acceptors (Lipinski definition) is 2.